The molecule has 4 nitrogen and oxygen atoms in total. The van der Waals surface area contributed by atoms with Gasteiger partial charge in [-0.2, -0.15) is 0 Å². The van der Waals surface area contributed by atoms with Crippen LogP contribution in [0.1, 0.15) is 31.7 Å². The van der Waals surface area contributed by atoms with Gasteiger partial charge >= 0.3 is 0 Å². The lowest BCUT2D eigenvalue weighted by molar-refractivity contribution is 0.261. The van der Waals surface area contributed by atoms with Crippen LogP contribution in [0.2, 0.25) is 5.15 Å². The van der Waals surface area contributed by atoms with E-state index < -0.39 is 0 Å². The first-order valence-corrected chi connectivity index (χ1v) is 6.78. The topological polar surface area (TPSA) is 41.0 Å². The average molecular weight is 271 g/mol. The highest BCUT2D eigenvalue weighted by Gasteiger charge is 2.08. The van der Waals surface area contributed by atoms with Crippen molar-refractivity contribution < 1.29 is 0 Å². The molecule has 1 atom stereocenters. The minimum Gasteiger partial charge on any atom is -0.366 e. The highest BCUT2D eigenvalue weighted by Crippen LogP contribution is 2.17. The molecule has 1 N–H and O–H groups in total. The van der Waals surface area contributed by atoms with E-state index in [1.807, 2.05) is 13.8 Å². The number of hydrogen-bond acceptors (Lipinski definition) is 4. The highest BCUT2D eigenvalue weighted by molar-refractivity contribution is 6.31. The van der Waals surface area contributed by atoms with Gasteiger partial charge in [0.05, 0.1) is 11.4 Å². The van der Waals surface area contributed by atoms with E-state index in [-0.39, 0.29) is 0 Å². The van der Waals surface area contributed by atoms with E-state index in [0.717, 1.165) is 30.9 Å². The van der Waals surface area contributed by atoms with E-state index in [1.165, 1.54) is 0 Å². The van der Waals surface area contributed by atoms with Gasteiger partial charge in [-0.1, -0.05) is 18.5 Å². The molecule has 0 radical (unpaired) electrons. The lowest BCUT2D eigenvalue weighted by Crippen LogP contribution is -2.32. The van der Waals surface area contributed by atoms with E-state index >= 15 is 0 Å². The van der Waals surface area contributed by atoms with E-state index in [2.05, 4.69) is 41.1 Å². The van der Waals surface area contributed by atoms with Crippen molar-refractivity contribution in [3.05, 3.63) is 16.5 Å². The van der Waals surface area contributed by atoms with Crippen molar-refractivity contribution in [2.75, 3.05) is 25.5 Å². The summed E-state index contributed by atoms with van der Waals surface area (Å²) in [6.07, 6.45) is 1.15. The lowest BCUT2D eigenvalue weighted by atomic mass is 10.2. The third kappa shape index (κ3) is 4.10. The molecule has 18 heavy (non-hydrogen) atoms. The van der Waals surface area contributed by atoms with Gasteiger partial charge in [-0.3, -0.25) is 0 Å². The molecular weight excluding hydrogens is 248 g/mol. The minimum absolute atomic E-state index is 0.448. The van der Waals surface area contributed by atoms with Crippen LogP contribution >= 0.6 is 11.6 Å². The van der Waals surface area contributed by atoms with Gasteiger partial charge in [0.2, 0.25) is 0 Å². The van der Waals surface area contributed by atoms with E-state index in [9.17, 15) is 0 Å². The molecule has 0 aliphatic carbocycles. The zero-order chi connectivity index (χ0) is 13.7. The minimum atomic E-state index is 0.448. The number of aromatic nitrogens is 2. The zero-order valence-corrected chi connectivity index (χ0v) is 12.7. The number of hydrogen-bond donors (Lipinski definition) is 1. The van der Waals surface area contributed by atoms with Crippen LogP contribution in [0.15, 0.2) is 0 Å². The standard InChI is InChI=1S/C13H23ClN4/c1-6-9(2)18(5)8-7-15-13-12(14)16-10(3)11(4)17-13/h9H,6-8H2,1-5H3,(H,15,17). The van der Waals surface area contributed by atoms with Gasteiger partial charge in [-0.25, -0.2) is 9.97 Å². The second-order valence-electron chi connectivity index (χ2n) is 4.70. The highest BCUT2D eigenvalue weighted by atomic mass is 35.5. The van der Waals surface area contributed by atoms with Crippen LogP contribution in [0.3, 0.4) is 0 Å². The Labute approximate surface area is 115 Å². The van der Waals surface area contributed by atoms with Crippen molar-refractivity contribution in [1.82, 2.24) is 14.9 Å². The summed E-state index contributed by atoms with van der Waals surface area (Å²) >= 11 is 6.06. The van der Waals surface area contributed by atoms with Crippen LogP contribution in [0.4, 0.5) is 5.82 Å². The van der Waals surface area contributed by atoms with Gasteiger partial charge in [0.15, 0.2) is 11.0 Å². The predicted molar refractivity (Wildman–Crippen MR) is 77.4 cm³/mol. The summed E-state index contributed by atoms with van der Waals surface area (Å²) in [5, 5.41) is 3.69. The van der Waals surface area contributed by atoms with Gasteiger partial charge < -0.3 is 10.2 Å². The molecular formula is C13H23ClN4. The summed E-state index contributed by atoms with van der Waals surface area (Å²) in [4.78, 5) is 11.0. The molecule has 1 aromatic heterocycles. The van der Waals surface area contributed by atoms with Gasteiger partial charge in [0, 0.05) is 19.1 Å². The Kier molecular flexibility index (Phi) is 5.82. The molecule has 0 aliphatic rings. The van der Waals surface area contributed by atoms with Crippen molar-refractivity contribution in [1.29, 1.82) is 0 Å². The molecule has 0 aliphatic heterocycles. The molecule has 1 aromatic rings. The van der Waals surface area contributed by atoms with Gasteiger partial charge in [0.25, 0.3) is 0 Å². The number of aryl methyl sites for hydroxylation is 2. The molecule has 0 spiro atoms. The molecule has 0 bridgehead atoms. The van der Waals surface area contributed by atoms with E-state index in [4.69, 9.17) is 11.6 Å². The number of rotatable bonds is 6. The Morgan fingerprint density at radius 1 is 1.28 bits per heavy atom. The molecule has 1 heterocycles. The van der Waals surface area contributed by atoms with Crippen molar-refractivity contribution in [2.45, 2.75) is 40.2 Å². The van der Waals surface area contributed by atoms with E-state index in [0.29, 0.717) is 17.0 Å². The van der Waals surface area contributed by atoms with Crippen molar-refractivity contribution >= 4 is 17.4 Å². The average Bonchev–Trinajstić information content (AvgIpc) is 2.34. The second kappa shape index (κ2) is 6.90. The van der Waals surface area contributed by atoms with E-state index in [1.54, 1.807) is 0 Å². The smallest absolute Gasteiger partial charge is 0.171 e. The molecule has 0 saturated heterocycles. The van der Waals surface area contributed by atoms with Crippen LogP contribution in [0.25, 0.3) is 0 Å². The fourth-order valence-corrected chi connectivity index (χ4v) is 1.81. The number of likely N-dealkylation sites (N-methyl/N-ethyl adjacent to an activating group) is 1. The summed E-state index contributed by atoms with van der Waals surface area (Å²) in [6.45, 7) is 10.0. The van der Waals surface area contributed by atoms with Crippen molar-refractivity contribution in [3.63, 3.8) is 0 Å². The van der Waals surface area contributed by atoms with Gasteiger partial charge in [0.1, 0.15) is 0 Å². The Hall–Kier alpha value is -0.870. The number of nitrogens with zero attached hydrogens (tertiary/aromatic N) is 3. The Morgan fingerprint density at radius 2 is 1.89 bits per heavy atom. The largest absolute Gasteiger partial charge is 0.366 e. The number of anilines is 1. The van der Waals surface area contributed by atoms with Crippen LogP contribution in [-0.2, 0) is 0 Å². The summed E-state index contributed by atoms with van der Waals surface area (Å²) in [5.41, 5.74) is 1.79. The number of nitrogens with one attached hydrogen (secondary N) is 1. The van der Waals surface area contributed by atoms with Gasteiger partial charge in [-0.15, -0.1) is 0 Å². The maximum Gasteiger partial charge on any atom is 0.171 e. The molecule has 0 fully saturated rings. The lowest BCUT2D eigenvalue weighted by Gasteiger charge is -2.23. The van der Waals surface area contributed by atoms with Crippen LogP contribution in [0.5, 0.6) is 0 Å². The first kappa shape index (κ1) is 15.2. The molecule has 0 aromatic carbocycles. The number of halogens is 1. The molecule has 0 saturated carbocycles. The second-order valence-corrected chi connectivity index (χ2v) is 5.06. The third-order valence-electron chi connectivity index (χ3n) is 3.36. The fourth-order valence-electron chi connectivity index (χ4n) is 1.57. The molecule has 5 heteroatoms. The Bertz CT molecular complexity index is 395. The Morgan fingerprint density at radius 3 is 2.50 bits per heavy atom. The molecule has 1 rings (SSSR count). The normalized spacial score (nSPS) is 12.8. The quantitative estimate of drug-likeness (QED) is 0.863. The summed E-state index contributed by atoms with van der Waals surface area (Å²) < 4.78 is 0. The summed E-state index contributed by atoms with van der Waals surface area (Å²) in [6, 6.07) is 0.591. The van der Waals surface area contributed by atoms with Crippen molar-refractivity contribution in [3.8, 4) is 0 Å². The van der Waals surface area contributed by atoms with Crippen LogP contribution in [0, 0.1) is 13.8 Å². The molecule has 102 valence electrons. The first-order chi connectivity index (χ1) is 8.45. The molecule has 1 unspecified atom stereocenters. The molecule has 0 amide bonds. The SMILES string of the molecule is CCC(C)N(C)CCNc1nc(C)c(C)nc1Cl. The van der Waals surface area contributed by atoms with Gasteiger partial charge in [-0.05, 0) is 34.2 Å². The summed E-state index contributed by atoms with van der Waals surface area (Å²) in [7, 11) is 2.13. The Balaban J connectivity index is 2.52. The van der Waals surface area contributed by atoms with Crippen molar-refractivity contribution in [2.24, 2.45) is 0 Å². The summed E-state index contributed by atoms with van der Waals surface area (Å²) in [5.74, 6) is 0.678. The predicted octanol–water partition coefficient (Wildman–Crippen LogP) is 2.89. The monoisotopic (exact) mass is 270 g/mol. The maximum atomic E-state index is 6.06. The van der Waals surface area contributed by atoms with Crippen LogP contribution in [-0.4, -0.2) is 41.0 Å². The zero-order valence-electron chi connectivity index (χ0n) is 11.9. The fraction of sp³-hybridized carbons (Fsp3) is 0.692. The third-order valence-corrected chi connectivity index (χ3v) is 3.63. The van der Waals surface area contributed by atoms with Crippen LogP contribution < -0.4 is 5.32 Å². The first-order valence-electron chi connectivity index (χ1n) is 6.40. The maximum absolute atomic E-state index is 6.06.